The Morgan fingerprint density at radius 3 is 2.35 bits per heavy atom. The number of fused-ring (bicyclic) bond motifs is 2. The SMILES string of the molecule is COc1ccc(COc2c3ncc(Cc4ccc(F)cc4)cc3c(O)c3cn(C)c(O)c23)cc1. The van der Waals surface area contributed by atoms with Crippen LogP contribution in [0.1, 0.15) is 16.7 Å². The van der Waals surface area contributed by atoms with Gasteiger partial charge in [0.05, 0.1) is 12.5 Å². The van der Waals surface area contributed by atoms with Gasteiger partial charge >= 0.3 is 0 Å². The van der Waals surface area contributed by atoms with Crippen molar-refractivity contribution < 1.29 is 24.1 Å². The van der Waals surface area contributed by atoms with Crippen LogP contribution in [0.25, 0.3) is 21.7 Å². The van der Waals surface area contributed by atoms with Gasteiger partial charge in [0, 0.05) is 30.2 Å². The van der Waals surface area contributed by atoms with Crippen LogP contribution in [0.3, 0.4) is 0 Å². The lowest BCUT2D eigenvalue weighted by Gasteiger charge is -2.14. The Kier molecular flexibility index (Phi) is 5.45. The number of pyridine rings is 1. The van der Waals surface area contributed by atoms with E-state index < -0.39 is 0 Å². The first kappa shape index (κ1) is 21.6. The second-order valence-electron chi connectivity index (χ2n) is 8.21. The first-order chi connectivity index (χ1) is 16.4. The maximum Gasteiger partial charge on any atom is 0.202 e. The minimum atomic E-state index is -0.289. The number of halogens is 1. The van der Waals surface area contributed by atoms with E-state index in [0.29, 0.717) is 33.8 Å². The van der Waals surface area contributed by atoms with Crippen molar-refractivity contribution in [1.29, 1.82) is 0 Å². The lowest BCUT2D eigenvalue weighted by Crippen LogP contribution is -1.99. The third kappa shape index (κ3) is 3.85. The van der Waals surface area contributed by atoms with E-state index in [-0.39, 0.29) is 24.1 Å². The van der Waals surface area contributed by atoms with E-state index in [2.05, 4.69) is 4.98 Å². The summed E-state index contributed by atoms with van der Waals surface area (Å²) in [6, 6.07) is 15.6. The molecule has 3 aromatic carbocycles. The average molecular weight is 458 g/mol. The quantitative estimate of drug-likeness (QED) is 0.354. The molecular weight excluding hydrogens is 435 g/mol. The molecule has 0 atom stereocenters. The molecule has 0 bridgehead atoms. The Morgan fingerprint density at radius 2 is 1.65 bits per heavy atom. The van der Waals surface area contributed by atoms with Crippen molar-refractivity contribution in [3.05, 3.63) is 89.5 Å². The van der Waals surface area contributed by atoms with Gasteiger partial charge in [0.2, 0.25) is 5.88 Å². The third-order valence-corrected chi connectivity index (χ3v) is 5.91. The number of ether oxygens (including phenoxy) is 2. The highest BCUT2D eigenvalue weighted by Crippen LogP contribution is 2.46. The largest absolute Gasteiger partial charge is 0.507 e. The van der Waals surface area contributed by atoms with Gasteiger partial charge in [0.25, 0.3) is 0 Å². The molecule has 0 saturated heterocycles. The Morgan fingerprint density at radius 1 is 0.941 bits per heavy atom. The molecule has 0 aliphatic heterocycles. The van der Waals surface area contributed by atoms with Gasteiger partial charge in [-0.25, -0.2) is 4.39 Å². The number of aromatic hydroxyl groups is 2. The molecule has 2 N–H and O–H groups in total. The Hall–Kier alpha value is -4.26. The van der Waals surface area contributed by atoms with Crippen LogP contribution in [0.4, 0.5) is 4.39 Å². The van der Waals surface area contributed by atoms with E-state index in [9.17, 15) is 14.6 Å². The van der Waals surface area contributed by atoms with Crippen molar-refractivity contribution in [3.8, 4) is 23.1 Å². The minimum Gasteiger partial charge on any atom is -0.507 e. The number of nitrogens with zero attached hydrogens (tertiary/aromatic N) is 2. The molecule has 0 radical (unpaired) electrons. The molecule has 0 spiro atoms. The molecule has 2 heterocycles. The molecule has 2 aromatic heterocycles. The second-order valence-corrected chi connectivity index (χ2v) is 8.21. The summed E-state index contributed by atoms with van der Waals surface area (Å²) >= 11 is 0. The van der Waals surface area contributed by atoms with Crippen LogP contribution in [-0.4, -0.2) is 26.9 Å². The molecule has 0 aliphatic rings. The predicted molar refractivity (Wildman–Crippen MR) is 128 cm³/mol. The van der Waals surface area contributed by atoms with Crippen LogP contribution >= 0.6 is 0 Å². The first-order valence-electron chi connectivity index (χ1n) is 10.8. The first-order valence-corrected chi connectivity index (χ1v) is 10.8. The summed E-state index contributed by atoms with van der Waals surface area (Å²) in [4.78, 5) is 4.60. The number of aromatic nitrogens is 2. The van der Waals surface area contributed by atoms with E-state index in [1.165, 1.54) is 16.7 Å². The number of phenolic OH excluding ortho intramolecular Hbond substituents is 1. The number of hydrogen-bond donors (Lipinski definition) is 2. The standard InChI is InChI=1S/C27H23FN2O4/c1-30-14-22-23(27(30)32)26(34-15-17-5-9-20(33-2)10-6-17)24-21(25(22)31)12-18(13-29-24)11-16-3-7-19(28)8-4-16/h3-10,12-14,31-32H,11,15H2,1-2H3. The third-order valence-electron chi connectivity index (χ3n) is 5.91. The molecule has 34 heavy (non-hydrogen) atoms. The molecule has 0 amide bonds. The van der Waals surface area contributed by atoms with Crippen LogP contribution in [0.2, 0.25) is 0 Å². The molecule has 0 fully saturated rings. The Bertz CT molecular complexity index is 1490. The summed E-state index contributed by atoms with van der Waals surface area (Å²) in [7, 11) is 3.30. The molecule has 6 nitrogen and oxygen atoms in total. The summed E-state index contributed by atoms with van der Waals surface area (Å²) in [6.45, 7) is 0.242. The Labute approximate surface area is 195 Å². The van der Waals surface area contributed by atoms with Gasteiger partial charge in [-0.2, -0.15) is 0 Å². The monoisotopic (exact) mass is 458 g/mol. The van der Waals surface area contributed by atoms with Gasteiger partial charge in [-0.15, -0.1) is 0 Å². The van der Waals surface area contributed by atoms with Crippen molar-refractivity contribution in [2.75, 3.05) is 7.11 Å². The summed E-state index contributed by atoms with van der Waals surface area (Å²) in [5.41, 5.74) is 3.15. The van der Waals surface area contributed by atoms with Crippen molar-refractivity contribution in [3.63, 3.8) is 0 Å². The fourth-order valence-electron chi connectivity index (χ4n) is 4.10. The number of rotatable bonds is 6. The van der Waals surface area contributed by atoms with Gasteiger partial charge in [-0.1, -0.05) is 24.3 Å². The number of methoxy groups -OCH3 is 1. The van der Waals surface area contributed by atoms with Crippen LogP contribution in [0, 0.1) is 5.82 Å². The molecule has 0 aliphatic carbocycles. The lowest BCUT2D eigenvalue weighted by molar-refractivity contribution is 0.311. The maximum absolute atomic E-state index is 13.3. The zero-order chi connectivity index (χ0) is 23.8. The van der Waals surface area contributed by atoms with E-state index in [1.54, 1.807) is 38.7 Å². The van der Waals surface area contributed by atoms with Crippen molar-refractivity contribution in [1.82, 2.24) is 9.55 Å². The molecule has 0 unspecified atom stereocenters. The maximum atomic E-state index is 13.3. The summed E-state index contributed by atoms with van der Waals surface area (Å²) in [5, 5.41) is 23.1. The zero-order valence-electron chi connectivity index (χ0n) is 18.7. The van der Waals surface area contributed by atoms with E-state index in [0.717, 1.165) is 22.4 Å². The topological polar surface area (TPSA) is 76.7 Å². The fourth-order valence-corrected chi connectivity index (χ4v) is 4.10. The smallest absolute Gasteiger partial charge is 0.202 e. The molecular formula is C27H23FN2O4. The van der Waals surface area contributed by atoms with E-state index >= 15 is 0 Å². The average Bonchev–Trinajstić information content (AvgIpc) is 3.15. The summed E-state index contributed by atoms with van der Waals surface area (Å²) in [5.74, 6) is 0.852. The number of phenols is 1. The van der Waals surface area contributed by atoms with Crippen molar-refractivity contribution >= 4 is 21.7 Å². The Balaban J connectivity index is 1.59. The molecule has 5 rings (SSSR count). The zero-order valence-corrected chi connectivity index (χ0v) is 18.7. The highest BCUT2D eigenvalue weighted by molar-refractivity contribution is 6.11. The van der Waals surface area contributed by atoms with Gasteiger partial charge in [-0.05, 0) is 53.4 Å². The van der Waals surface area contributed by atoms with Crippen LogP contribution in [-0.2, 0) is 20.1 Å². The molecule has 7 heteroatoms. The number of hydrogen-bond acceptors (Lipinski definition) is 5. The predicted octanol–water partition coefficient (Wildman–Crippen LogP) is 5.46. The number of benzene rings is 3. The fraction of sp³-hybridized carbons (Fsp3) is 0.148. The highest BCUT2D eigenvalue weighted by Gasteiger charge is 2.22. The minimum absolute atomic E-state index is 0.0193. The van der Waals surface area contributed by atoms with E-state index in [4.69, 9.17) is 9.47 Å². The number of aryl methyl sites for hydroxylation is 1. The second kappa shape index (κ2) is 8.59. The van der Waals surface area contributed by atoms with Crippen LogP contribution in [0.15, 0.2) is 67.0 Å². The van der Waals surface area contributed by atoms with Crippen molar-refractivity contribution in [2.45, 2.75) is 13.0 Å². The summed E-state index contributed by atoms with van der Waals surface area (Å²) in [6.07, 6.45) is 3.90. The highest BCUT2D eigenvalue weighted by atomic mass is 19.1. The lowest BCUT2D eigenvalue weighted by atomic mass is 10.0. The summed E-state index contributed by atoms with van der Waals surface area (Å²) < 4.78 is 26.2. The van der Waals surface area contributed by atoms with Gasteiger partial charge in [0.1, 0.15) is 29.4 Å². The van der Waals surface area contributed by atoms with Crippen molar-refractivity contribution in [2.24, 2.45) is 7.05 Å². The van der Waals surface area contributed by atoms with Gasteiger partial charge in [-0.3, -0.25) is 4.98 Å². The van der Waals surface area contributed by atoms with E-state index in [1.807, 2.05) is 30.3 Å². The molecule has 5 aromatic rings. The normalized spacial score (nSPS) is 11.3. The van der Waals surface area contributed by atoms with Crippen LogP contribution in [0.5, 0.6) is 23.1 Å². The van der Waals surface area contributed by atoms with Crippen LogP contribution < -0.4 is 9.47 Å². The van der Waals surface area contributed by atoms with Gasteiger partial charge < -0.3 is 24.3 Å². The molecule has 172 valence electrons. The van der Waals surface area contributed by atoms with Gasteiger partial charge in [0.15, 0.2) is 5.75 Å². The molecule has 0 saturated carbocycles.